The molecule has 1 amide bonds. The van der Waals surface area contributed by atoms with Crippen molar-refractivity contribution in [3.63, 3.8) is 0 Å². The van der Waals surface area contributed by atoms with E-state index in [4.69, 9.17) is 34.8 Å². The Morgan fingerprint density at radius 1 is 1.32 bits per heavy atom. The van der Waals surface area contributed by atoms with Crippen LogP contribution in [0, 0.1) is 6.92 Å². The van der Waals surface area contributed by atoms with Crippen LogP contribution < -0.4 is 5.32 Å². The Hall–Kier alpha value is -0.880. The second kappa shape index (κ2) is 5.63. The highest BCUT2D eigenvalue weighted by Gasteiger charge is 2.28. The van der Waals surface area contributed by atoms with Gasteiger partial charge in [-0.05, 0) is 18.6 Å². The van der Waals surface area contributed by atoms with Gasteiger partial charge in [-0.15, -0.1) is 0 Å². The van der Waals surface area contributed by atoms with Crippen LogP contribution in [0.25, 0.3) is 0 Å². The van der Waals surface area contributed by atoms with Crippen LogP contribution in [0.2, 0.25) is 0 Å². The Labute approximate surface area is 128 Å². The number of nitrogens with zero attached hydrogens (tertiary/aromatic N) is 2. The number of nitrogens with one attached hydrogen (secondary N) is 1. The Balaban J connectivity index is 2.16. The lowest BCUT2D eigenvalue weighted by Crippen LogP contribution is -2.13. The summed E-state index contributed by atoms with van der Waals surface area (Å²) in [6.45, 7) is 1.85. The van der Waals surface area contributed by atoms with Crippen LogP contribution in [0.4, 0.5) is 5.13 Å². The molecule has 0 aliphatic carbocycles. The van der Waals surface area contributed by atoms with E-state index in [1.807, 2.05) is 19.1 Å². The number of benzene rings is 1. The first-order chi connectivity index (χ1) is 8.88. The summed E-state index contributed by atoms with van der Waals surface area (Å²) in [5, 5.41) is 2.91. The second-order valence-electron chi connectivity index (χ2n) is 3.69. The molecule has 1 aromatic heterocycles. The SMILES string of the molecule is Cc1ccccc1C(=O)Nc1nc(C(Cl)(Cl)Cl)ns1. The molecule has 2 aromatic rings. The lowest BCUT2D eigenvalue weighted by molar-refractivity contribution is 0.102. The summed E-state index contributed by atoms with van der Waals surface area (Å²) < 4.78 is 2.18. The zero-order chi connectivity index (χ0) is 14.0. The van der Waals surface area contributed by atoms with E-state index in [0.29, 0.717) is 5.56 Å². The number of carbonyl (C=O) groups is 1. The number of rotatable bonds is 2. The molecule has 0 saturated heterocycles. The third-order valence-corrected chi connectivity index (χ3v) is 3.43. The Kier molecular flexibility index (Phi) is 4.30. The monoisotopic (exact) mass is 335 g/mol. The number of carbonyl (C=O) groups excluding carboxylic acids is 1. The van der Waals surface area contributed by atoms with Crippen molar-refractivity contribution in [1.82, 2.24) is 9.36 Å². The van der Waals surface area contributed by atoms with Gasteiger partial charge in [0.05, 0.1) is 0 Å². The van der Waals surface area contributed by atoms with Crippen molar-refractivity contribution < 1.29 is 4.79 Å². The Bertz CT molecular complexity index is 609. The van der Waals surface area contributed by atoms with Gasteiger partial charge in [0.25, 0.3) is 9.70 Å². The van der Waals surface area contributed by atoms with Crippen LogP contribution in [0.3, 0.4) is 0 Å². The topological polar surface area (TPSA) is 54.9 Å². The van der Waals surface area contributed by atoms with E-state index in [1.54, 1.807) is 12.1 Å². The van der Waals surface area contributed by atoms with E-state index >= 15 is 0 Å². The first-order valence-electron chi connectivity index (χ1n) is 5.16. The molecule has 4 nitrogen and oxygen atoms in total. The first kappa shape index (κ1) is 14.5. The summed E-state index contributed by atoms with van der Waals surface area (Å²) in [6.07, 6.45) is 0. The highest BCUT2D eigenvalue weighted by Crippen LogP contribution is 2.37. The fourth-order valence-electron chi connectivity index (χ4n) is 1.38. The zero-order valence-electron chi connectivity index (χ0n) is 9.65. The summed E-state index contributed by atoms with van der Waals surface area (Å²) >= 11 is 17.9. The lowest BCUT2D eigenvalue weighted by atomic mass is 10.1. The number of hydrogen-bond acceptors (Lipinski definition) is 4. The molecule has 1 N–H and O–H groups in total. The van der Waals surface area contributed by atoms with E-state index in [1.165, 1.54) is 0 Å². The van der Waals surface area contributed by atoms with Gasteiger partial charge in [0, 0.05) is 17.1 Å². The lowest BCUT2D eigenvalue weighted by Gasteiger charge is -2.05. The second-order valence-corrected chi connectivity index (χ2v) is 6.72. The number of amides is 1. The normalized spacial score (nSPS) is 11.4. The molecule has 2 rings (SSSR count). The minimum Gasteiger partial charge on any atom is -0.297 e. The molecular formula is C11H8Cl3N3OS. The maximum atomic E-state index is 12.0. The molecule has 0 radical (unpaired) electrons. The predicted molar refractivity (Wildman–Crippen MR) is 78.3 cm³/mol. The van der Waals surface area contributed by atoms with Gasteiger partial charge in [0.1, 0.15) is 0 Å². The van der Waals surface area contributed by atoms with Crippen molar-refractivity contribution in [3.8, 4) is 0 Å². The average molecular weight is 337 g/mol. The van der Waals surface area contributed by atoms with Crippen molar-refractivity contribution in [2.24, 2.45) is 0 Å². The number of halogens is 3. The third kappa shape index (κ3) is 3.57. The minimum absolute atomic E-state index is 0.0441. The smallest absolute Gasteiger partial charge is 0.257 e. The van der Waals surface area contributed by atoms with Crippen molar-refractivity contribution in [1.29, 1.82) is 0 Å². The number of anilines is 1. The number of aromatic nitrogens is 2. The molecule has 0 aliphatic heterocycles. The quantitative estimate of drug-likeness (QED) is 0.846. The molecule has 0 saturated carbocycles. The number of hydrogen-bond donors (Lipinski definition) is 1. The van der Waals surface area contributed by atoms with Crippen molar-refractivity contribution in [3.05, 3.63) is 41.2 Å². The van der Waals surface area contributed by atoms with Gasteiger partial charge in [-0.3, -0.25) is 10.1 Å². The molecule has 0 atom stereocenters. The van der Waals surface area contributed by atoms with Crippen LogP contribution in [0.1, 0.15) is 21.7 Å². The van der Waals surface area contributed by atoms with Gasteiger partial charge in [-0.2, -0.15) is 9.36 Å². The Morgan fingerprint density at radius 3 is 2.58 bits per heavy atom. The summed E-state index contributed by atoms with van der Waals surface area (Å²) in [5.41, 5.74) is 1.43. The predicted octanol–water partition coefficient (Wildman–Crippen LogP) is 3.93. The zero-order valence-corrected chi connectivity index (χ0v) is 12.7. The average Bonchev–Trinajstić information content (AvgIpc) is 2.77. The fraction of sp³-hybridized carbons (Fsp3) is 0.182. The first-order valence-corrected chi connectivity index (χ1v) is 7.06. The van der Waals surface area contributed by atoms with E-state index in [-0.39, 0.29) is 16.9 Å². The minimum atomic E-state index is -1.69. The van der Waals surface area contributed by atoms with Crippen molar-refractivity contribution in [2.75, 3.05) is 5.32 Å². The number of alkyl halides is 3. The molecule has 8 heteroatoms. The highest BCUT2D eigenvalue weighted by atomic mass is 35.6. The molecule has 0 fully saturated rings. The van der Waals surface area contributed by atoms with Crippen LogP contribution in [0.15, 0.2) is 24.3 Å². The maximum Gasteiger partial charge on any atom is 0.257 e. The molecule has 1 heterocycles. The van der Waals surface area contributed by atoms with E-state index in [9.17, 15) is 4.79 Å². The molecule has 100 valence electrons. The summed E-state index contributed by atoms with van der Waals surface area (Å²) in [7, 11) is 0. The summed E-state index contributed by atoms with van der Waals surface area (Å²) in [4.78, 5) is 16.0. The molecular weight excluding hydrogens is 329 g/mol. The van der Waals surface area contributed by atoms with E-state index in [0.717, 1.165) is 17.1 Å². The van der Waals surface area contributed by atoms with E-state index in [2.05, 4.69) is 14.7 Å². The Morgan fingerprint density at radius 2 is 2.00 bits per heavy atom. The van der Waals surface area contributed by atoms with Crippen LogP contribution >= 0.6 is 46.3 Å². The molecule has 0 unspecified atom stereocenters. The molecule has 0 bridgehead atoms. The third-order valence-electron chi connectivity index (χ3n) is 2.29. The van der Waals surface area contributed by atoms with Gasteiger partial charge in [-0.1, -0.05) is 53.0 Å². The summed E-state index contributed by atoms with van der Waals surface area (Å²) in [6, 6.07) is 7.22. The highest BCUT2D eigenvalue weighted by molar-refractivity contribution is 7.10. The van der Waals surface area contributed by atoms with Crippen LogP contribution in [0.5, 0.6) is 0 Å². The number of aryl methyl sites for hydroxylation is 1. The summed E-state index contributed by atoms with van der Waals surface area (Å²) in [5.74, 6) is -0.229. The van der Waals surface area contributed by atoms with Gasteiger partial charge in [0.2, 0.25) is 5.13 Å². The van der Waals surface area contributed by atoms with Gasteiger partial charge < -0.3 is 0 Å². The molecule has 1 aromatic carbocycles. The van der Waals surface area contributed by atoms with Gasteiger partial charge in [0.15, 0.2) is 5.82 Å². The fourth-order valence-corrected chi connectivity index (χ4v) is 2.40. The van der Waals surface area contributed by atoms with Gasteiger partial charge in [-0.25, -0.2) is 0 Å². The van der Waals surface area contributed by atoms with Crippen molar-refractivity contribution in [2.45, 2.75) is 10.7 Å². The van der Waals surface area contributed by atoms with E-state index < -0.39 is 3.79 Å². The van der Waals surface area contributed by atoms with Crippen molar-refractivity contribution >= 4 is 57.4 Å². The molecule has 19 heavy (non-hydrogen) atoms. The largest absolute Gasteiger partial charge is 0.297 e. The van der Waals surface area contributed by atoms with Gasteiger partial charge >= 0.3 is 0 Å². The molecule has 0 spiro atoms. The standard InChI is InChI=1S/C11H8Cl3N3OS/c1-6-4-2-3-5-7(6)8(18)15-10-16-9(17-19-10)11(12,13)14/h2-5H,1H3,(H,15,16,17,18). The maximum absolute atomic E-state index is 12.0. The van der Waals surface area contributed by atoms with Crippen LogP contribution in [-0.4, -0.2) is 15.3 Å². The molecule has 0 aliphatic rings. The van der Waals surface area contributed by atoms with Crippen LogP contribution in [-0.2, 0) is 3.79 Å².